The molecule has 0 amide bonds. The predicted octanol–water partition coefficient (Wildman–Crippen LogP) is 5.83. The third-order valence-electron chi connectivity index (χ3n) is 9.54. The van der Waals surface area contributed by atoms with E-state index in [0.717, 1.165) is 38.9 Å². The van der Waals surface area contributed by atoms with Crippen LogP contribution in [0.2, 0.25) is 0 Å². The van der Waals surface area contributed by atoms with Crippen LogP contribution in [0.5, 0.6) is 23.3 Å². The Balaban J connectivity index is 0.000000230. The van der Waals surface area contributed by atoms with Gasteiger partial charge in [-0.05, 0) is 106 Å². The van der Waals surface area contributed by atoms with Gasteiger partial charge in [-0.15, -0.1) is 10.2 Å². The molecule has 2 aromatic carbocycles. The van der Waals surface area contributed by atoms with Gasteiger partial charge in [0, 0.05) is 44.3 Å². The number of aliphatic hydroxyl groups excluding tert-OH is 1. The van der Waals surface area contributed by atoms with Crippen LogP contribution in [0.15, 0.2) is 60.9 Å². The van der Waals surface area contributed by atoms with Gasteiger partial charge in [0.15, 0.2) is 6.29 Å². The normalized spacial score (nSPS) is 15.2. The second kappa shape index (κ2) is 21.1. The van der Waals surface area contributed by atoms with E-state index in [-0.39, 0.29) is 75.8 Å². The van der Waals surface area contributed by atoms with Crippen LogP contribution in [0.25, 0.3) is 22.1 Å². The number of aromatic nitrogens is 8. The van der Waals surface area contributed by atoms with Crippen LogP contribution in [-0.2, 0) is 30.2 Å². The number of alkyl halides is 6. The topological polar surface area (TPSA) is 152 Å². The molecule has 4 aromatic heterocycles. The molecule has 1 unspecified atom stereocenters. The number of carbonyl (C=O) groups is 1. The summed E-state index contributed by atoms with van der Waals surface area (Å²) in [6, 6.07) is 11.5. The average molecular weight is 932 g/mol. The molecule has 3 aliphatic rings. The molecular weight excluding hydrogens is 891 g/mol. The Morgan fingerprint density at radius 2 is 1.23 bits per heavy atom. The van der Waals surface area contributed by atoms with Crippen molar-refractivity contribution in [3.8, 4) is 23.3 Å². The van der Waals surface area contributed by atoms with Gasteiger partial charge in [0.1, 0.15) is 33.7 Å². The van der Waals surface area contributed by atoms with E-state index < -0.39 is 41.1 Å². The summed E-state index contributed by atoms with van der Waals surface area (Å²) in [5.41, 5.74) is -1.59. The Kier molecular flexibility index (Phi) is 17.0. The molecule has 9 rings (SSSR count). The molecular formula is C40H41BrF6MgN8O5. The SMILES string of the molecule is C1CCOC1.CC(O)c1cccnc1Oc1ccc2c(nnn2CC2CC2)c1C(F)(F)F.O=Cc1cccnc1Oc1ccc2c(nnn2CC2CC2)c1C(F)(F)F.[Br-].[CH3-].[Mg+2]. The molecule has 0 radical (unpaired) electrons. The van der Waals surface area contributed by atoms with Crippen LogP contribution in [0, 0.1) is 19.3 Å². The smallest absolute Gasteiger partial charge is 1.00 e. The number of hydrogen-bond donors (Lipinski definition) is 1. The van der Waals surface area contributed by atoms with Crippen molar-refractivity contribution in [1.29, 1.82) is 0 Å². The minimum atomic E-state index is -4.70. The molecule has 0 bridgehead atoms. The van der Waals surface area contributed by atoms with Gasteiger partial charge in [-0.25, -0.2) is 19.3 Å². The van der Waals surface area contributed by atoms with Gasteiger partial charge >= 0.3 is 35.4 Å². The van der Waals surface area contributed by atoms with Crippen LogP contribution in [-0.4, -0.2) is 87.6 Å². The van der Waals surface area contributed by atoms with Gasteiger partial charge in [-0.3, -0.25) is 4.79 Å². The van der Waals surface area contributed by atoms with E-state index in [2.05, 4.69) is 30.6 Å². The molecule has 2 aliphatic carbocycles. The molecule has 1 N–H and O–H groups in total. The van der Waals surface area contributed by atoms with Gasteiger partial charge in [0.25, 0.3) is 0 Å². The Morgan fingerprint density at radius 1 is 0.770 bits per heavy atom. The zero-order valence-electron chi connectivity index (χ0n) is 33.2. The van der Waals surface area contributed by atoms with E-state index in [1.807, 2.05) is 0 Å². The predicted molar refractivity (Wildman–Crippen MR) is 207 cm³/mol. The van der Waals surface area contributed by atoms with Crippen LogP contribution < -0.4 is 26.5 Å². The second-order valence-corrected chi connectivity index (χ2v) is 14.2. The van der Waals surface area contributed by atoms with Crippen molar-refractivity contribution in [2.45, 2.75) is 77.0 Å². The van der Waals surface area contributed by atoms with E-state index in [1.165, 1.54) is 77.9 Å². The molecule has 5 heterocycles. The summed E-state index contributed by atoms with van der Waals surface area (Å²) in [5, 5.41) is 25.1. The molecule has 322 valence electrons. The molecule has 6 aromatic rings. The average Bonchev–Trinajstić information content (AvgIpc) is 4.01. The quantitative estimate of drug-likeness (QED) is 0.0765. The van der Waals surface area contributed by atoms with Crippen molar-refractivity contribution in [1.82, 2.24) is 40.0 Å². The summed E-state index contributed by atoms with van der Waals surface area (Å²) in [5.74, 6) is -0.282. The monoisotopic (exact) mass is 930 g/mol. The van der Waals surface area contributed by atoms with Crippen molar-refractivity contribution in [2.75, 3.05) is 13.2 Å². The van der Waals surface area contributed by atoms with Gasteiger partial charge < -0.3 is 43.7 Å². The summed E-state index contributed by atoms with van der Waals surface area (Å²) in [7, 11) is 0. The molecule has 13 nitrogen and oxygen atoms in total. The zero-order chi connectivity index (χ0) is 41.0. The van der Waals surface area contributed by atoms with Crippen LogP contribution in [0.3, 0.4) is 0 Å². The molecule has 21 heteroatoms. The summed E-state index contributed by atoms with van der Waals surface area (Å²) < 4.78 is 101. The van der Waals surface area contributed by atoms with Crippen molar-refractivity contribution in [2.24, 2.45) is 11.8 Å². The largest absolute Gasteiger partial charge is 2.00 e. The number of benzene rings is 2. The van der Waals surface area contributed by atoms with E-state index in [9.17, 15) is 36.2 Å². The van der Waals surface area contributed by atoms with Crippen LogP contribution >= 0.6 is 0 Å². The maximum atomic E-state index is 13.8. The minimum absolute atomic E-state index is 0. The number of pyridine rings is 2. The zero-order valence-corrected chi connectivity index (χ0v) is 36.2. The summed E-state index contributed by atoms with van der Waals surface area (Å²) in [6.45, 7) is 4.59. The molecule has 2 saturated carbocycles. The number of ether oxygens (including phenoxy) is 3. The first kappa shape index (κ1) is 49.2. The number of carbonyl (C=O) groups excluding carboxylic acids is 1. The number of hydrogen-bond acceptors (Lipinski definition) is 11. The first-order valence-electron chi connectivity index (χ1n) is 18.6. The summed E-state index contributed by atoms with van der Waals surface area (Å²) in [4.78, 5) is 18.9. The van der Waals surface area contributed by atoms with Crippen LogP contribution in [0.1, 0.15) is 78.6 Å². The number of aliphatic hydroxyl groups is 1. The van der Waals surface area contributed by atoms with Crippen molar-refractivity contribution in [3.05, 3.63) is 90.6 Å². The van der Waals surface area contributed by atoms with Crippen LogP contribution in [0.4, 0.5) is 26.3 Å². The molecule has 1 saturated heterocycles. The number of halogens is 7. The van der Waals surface area contributed by atoms with Crippen molar-refractivity contribution in [3.63, 3.8) is 0 Å². The van der Waals surface area contributed by atoms with Gasteiger partial charge in [0.2, 0.25) is 11.8 Å². The Labute approximate surface area is 373 Å². The molecule has 1 atom stereocenters. The molecule has 61 heavy (non-hydrogen) atoms. The minimum Gasteiger partial charge on any atom is -1.00 e. The second-order valence-electron chi connectivity index (χ2n) is 14.2. The first-order chi connectivity index (χ1) is 27.8. The molecule has 3 fully saturated rings. The Morgan fingerprint density at radius 3 is 1.64 bits per heavy atom. The van der Waals surface area contributed by atoms with Crippen molar-refractivity contribution < 1.29 is 67.4 Å². The Bertz CT molecular complexity index is 2380. The maximum Gasteiger partial charge on any atom is 2.00 e. The summed E-state index contributed by atoms with van der Waals surface area (Å²) in [6.07, 6.45) is -0.385. The fourth-order valence-electron chi connectivity index (χ4n) is 6.22. The Hall–Kier alpha value is -4.44. The number of fused-ring (bicyclic) bond motifs is 2. The standard InChI is InChI=1S/C18H17F3N4O2.C17H13F3N4O2.C4H8O.CH3.BrH.Mg/c1-10(26)12-3-2-8-22-17(12)27-14-7-6-13-16(15(14)18(19,20)21)23-24-25(13)9-11-4-5-11;18-17(19,20)14-13(26-16-11(9-25)2-1-7-21-16)6-5-12-15(14)22-23-24(12)8-10-3-4-10;1-2-4-5-3-1;;;/h2-3,6-8,10-11,26H,4-5,9H2,1H3;1-2,5-7,9-10H,3-4,8H2;1-4H2;1H3;1H;/q;;;-1;;+2/p-1. The third kappa shape index (κ3) is 12.1. The van der Waals surface area contributed by atoms with E-state index in [0.29, 0.717) is 47.8 Å². The van der Waals surface area contributed by atoms with E-state index >= 15 is 0 Å². The van der Waals surface area contributed by atoms with Gasteiger partial charge in [-0.1, -0.05) is 10.4 Å². The third-order valence-corrected chi connectivity index (χ3v) is 9.54. The first-order valence-corrected chi connectivity index (χ1v) is 18.6. The maximum absolute atomic E-state index is 13.8. The number of rotatable bonds is 10. The fourth-order valence-corrected chi connectivity index (χ4v) is 6.22. The van der Waals surface area contributed by atoms with E-state index in [1.54, 1.807) is 12.1 Å². The van der Waals surface area contributed by atoms with E-state index in [4.69, 9.17) is 14.2 Å². The fraction of sp³-hybridized carbons (Fsp3) is 0.400. The summed E-state index contributed by atoms with van der Waals surface area (Å²) >= 11 is 0. The molecule has 1 aliphatic heterocycles. The number of aldehydes is 1. The number of nitrogens with zero attached hydrogens (tertiary/aromatic N) is 8. The molecule has 0 spiro atoms. The van der Waals surface area contributed by atoms with Gasteiger partial charge in [0.05, 0.1) is 22.7 Å². The van der Waals surface area contributed by atoms with Crippen molar-refractivity contribution >= 4 is 51.4 Å². The van der Waals surface area contributed by atoms with Gasteiger partial charge in [-0.2, -0.15) is 26.3 Å².